The quantitative estimate of drug-likeness (QED) is 0.567. The Labute approximate surface area is 88.8 Å². The van der Waals surface area contributed by atoms with Crippen LogP contribution in [0.5, 0.6) is 0 Å². The fourth-order valence-electron chi connectivity index (χ4n) is 0.934. The summed E-state index contributed by atoms with van der Waals surface area (Å²) in [4.78, 5) is 11.2. The SMILES string of the molecule is CC(CCl)C(=O)OCc1ccccc1. The second kappa shape index (κ2) is 5.66. The van der Waals surface area contributed by atoms with Gasteiger partial charge >= 0.3 is 5.97 Å². The number of halogens is 1. The van der Waals surface area contributed by atoms with Gasteiger partial charge in [-0.3, -0.25) is 4.79 Å². The summed E-state index contributed by atoms with van der Waals surface area (Å²) in [5.74, 6) is -0.183. The van der Waals surface area contributed by atoms with Crippen molar-refractivity contribution in [3.8, 4) is 0 Å². The van der Waals surface area contributed by atoms with Gasteiger partial charge in [-0.15, -0.1) is 11.6 Å². The second-order valence-corrected chi connectivity index (χ2v) is 3.46. The molecule has 76 valence electrons. The molecule has 0 radical (unpaired) electrons. The normalized spacial score (nSPS) is 12.1. The number of rotatable bonds is 4. The van der Waals surface area contributed by atoms with E-state index in [9.17, 15) is 4.79 Å². The van der Waals surface area contributed by atoms with E-state index in [0.29, 0.717) is 12.5 Å². The number of esters is 1. The molecule has 0 bridgehead atoms. The van der Waals surface area contributed by atoms with Crippen molar-refractivity contribution in [2.45, 2.75) is 13.5 Å². The fourth-order valence-corrected chi connectivity index (χ4v) is 1.06. The lowest BCUT2D eigenvalue weighted by atomic mass is 10.2. The third-order valence-electron chi connectivity index (χ3n) is 1.86. The molecule has 1 atom stereocenters. The van der Waals surface area contributed by atoms with E-state index in [0.717, 1.165) is 5.56 Å². The second-order valence-electron chi connectivity index (χ2n) is 3.15. The third kappa shape index (κ3) is 3.38. The lowest BCUT2D eigenvalue weighted by Gasteiger charge is -2.08. The van der Waals surface area contributed by atoms with Crippen molar-refractivity contribution in [1.29, 1.82) is 0 Å². The Morgan fingerprint density at radius 2 is 2.07 bits per heavy atom. The molecule has 0 N–H and O–H groups in total. The van der Waals surface area contributed by atoms with Crippen molar-refractivity contribution >= 4 is 17.6 Å². The van der Waals surface area contributed by atoms with E-state index in [4.69, 9.17) is 16.3 Å². The van der Waals surface area contributed by atoms with Gasteiger partial charge < -0.3 is 4.74 Å². The van der Waals surface area contributed by atoms with Gasteiger partial charge in [0.15, 0.2) is 0 Å². The van der Waals surface area contributed by atoms with Crippen molar-refractivity contribution in [2.24, 2.45) is 5.92 Å². The molecule has 1 unspecified atom stereocenters. The highest BCUT2D eigenvalue weighted by molar-refractivity contribution is 6.19. The minimum absolute atomic E-state index is 0.236. The molecule has 0 aliphatic heterocycles. The smallest absolute Gasteiger partial charge is 0.310 e. The molecule has 0 heterocycles. The van der Waals surface area contributed by atoms with Crippen molar-refractivity contribution < 1.29 is 9.53 Å². The molecule has 0 aliphatic carbocycles. The molecule has 1 aromatic carbocycles. The molecule has 3 heteroatoms. The topological polar surface area (TPSA) is 26.3 Å². The molecule has 1 aromatic rings. The van der Waals surface area contributed by atoms with Crippen molar-refractivity contribution in [1.82, 2.24) is 0 Å². The molecule has 14 heavy (non-hydrogen) atoms. The van der Waals surface area contributed by atoms with Gasteiger partial charge in [0.05, 0.1) is 5.92 Å². The Bertz CT molecular complexity index is 285. The molecule has 0 amide bonds. The molecule has 0 saturated heterocycles. The molecule has 2 nitrogen and oxygen atoms in total. The van der Waals surface area contributed by atoms with Gasteiger partial charge in [0, 0.05) is 5.88 Å². The van der Waals surface area contributed by atoms with E-state index < -0.39 is 0 Å². The highest BCUT2D eigenvalue weighted by atomic mass is 35.5. The van der Waals surface area contributed by atoms with Crippen LogP contribution in [0.4, 0.5) is 0 Å². The van der Waals surface area contributed by atoms with Gasteiger partial charge in [-0.1, -0.05) is 37.3 Å². The van der Waals surface area contributed by atoms with Gasteiger partial charge in [-0.2, -0.15) is 0 Å². The summed E-state index contributed by atoms with van der Waals surface area (Å²) in [6.07, 6.45) is 0. The summed E-state index contributed by atoms with van der Waals surface area (Å²) in [7, 11) is 0. The maximum atomic E-state index is 11.2. The summed E-state index contributed by atoms with van der Waals surface area (Å²) in [5, 5.41) is 0. The Morgan fingerprint density at radius 3 is 2.64 bits per heavy atom. The van der Waals surface area contributed by atoms with E-state index in [1.54, 1.807) is 6.92 Å². The zero-order valence-electron chi connectivity index (χ0n) is 8.07. The number of hydrogen-bond donors (Lipinski definition) is 0. The van der Waals surface area contributed by atoms with Crippen LogP contribution in [0.1, 0.15) is 12.5 Å². The first kappa shape index (κ1) is 11.1. The summed E-state index contributed by atoms with van der Waals surface area (Å²) >= 11 is 5.53. The number of benzene rings is 1. The van der Waals surface area contributed by atoms with Crippen LogP contribution in [0.15, 0.2) is 30.3 Å². The number of ether oxygens (including phenoxy) is 1. The zero-order valence-corrected chi connectivity index (χ0v) is 8.83. The Hall–Kier alpha value is -1.02. The monoisotopic (exact) mass is 212 g/mol. The van der Waals surface area contributed by atoms with E-state index in [-0.39, 0.29) is 11.9 Å². The van der Waals surface area contributed by atoms with Crippen LogP contribution in [-0.2, 0) is 16.1 Å². The van der Waals surface area contributed by atoms with Gasteiger partial charge in [-0.25, -0.2) is 0 Å². The first-order valence-corrected chi connectivity index (χ1v) is 5.04. The number of carbonyl (C=O) groups excluding carboxylic acids is 1. The molecule has 0 fully saturated rings. The predicted octanol–water partition coefficient (Wildman–Crippen LogP) is 2.60. The van der Waals surface area contributed by atoms with Crippen LogP contribution < -0.4 is 0 Å². The number of carbonyl (C=O) groups is 1. The average molecular weight is 213 g/mol. The molecular formula is C11H13ClO2. The molecule has 0 aliphatic rings. The van der Waals surface area contributed by atoms with E-state index >= 15 is 0 Å². The van der Waals surface area contributed by atoms with Crippen molar-refractivity contribution in [2.75, 3.05) is 5.88 Å². The summed E-state index contributed by atoms with van der Waals surface area (Å²) in [6, 6.07) is 9.58. The lowest BCUT2D eigenvalue weighted by molar-refractivity contribution is -0.148. The van der Waals surface area contributed by atoms with Crippen LogP contribution in [0.3, 0.4) is 0 Å². The first-order chi connectivity index (χ1) is 6.74. The predicted molar refractivity (Wildman–Crippen MR) is 56.1 cm³/mol. The van der Waals surface area contributed by atoms with Crippen LogP contribution in [0.2, 0.25) is 0 Å². The maximum absolute atomic E-state index is 11.2. The van der Waals surface area contributed by atoms with Crippen molar-refractivity contribution in [3.05, 3.63) is 35.9 Å². The Balaban J connectivity index is 2.38. The summed E-state index contributed by atoms with van der Waals surface area (Å²) in [5.41, 5.74) is 0.989. The van der Waals surface area contributed by atoms with Crippen LogP contribution in [0.25, 0.3) is 0 Å². The minimum atomic E-state index is -0.246. The highest BCUT2D eigenvalue weighted by Gasteiger charge is 2.12. The first-order valence-electron chi connectivity index (χ1n) is 4.50. The van der Waals surface area contributed by atoms with Crippen LogP contribution in [-0.4, -0.2) is 11.8 Å². The minimum Gasteiger partial charge on any atom is -0.461 e. The van der Waals surface area contributed by atoms with Gasteiger partial charge in [0.25, 0.3) is 0 Å². The molecule has 0 spiro atoms. The standard InChI is InChI=1S/C11H13ClO2/c1-9(7-12)11(13)14-8-10-5-3-2-4-6-10/h2-6,9H,7-8H2,1H3. The average Bonchev–Trinajstić information content (AvgIpc) is 2.26. The molecule has 1 rings (SSSR count). The Morgan fingerprint density at radius 1 is 1.43 bits per heavy atom. The zero-order chi connectivity index (χ0) is 10.4. The van der Waals surface area contributed by atoms with Crippen LogP contribution in [0, 0.1) is 5.92 Å². The van der Waals surface area contributed by atoms with E-state index in [1.165, 1.54) is 0 Å². The fraction of sp³-hybridized carbons (Fsp3) is 0.364. The van der Waals surface area contributed by atoms with Gasteiger partial charge in [0.1, 0.15) is 6.61 Å². The highest BCUT2D eigenvalue weighted by Crippen LogP contribution is 2.05. The van der Waals surface area contributed by atoms with Crippen LogP contribution >= 0.6 is 11.6 Å². The van der Waals surface area contributed by atoms with Gasteiger partial charge in [0.2, 0.25) is 0 Å². The maximum Gasteiger partial charge on any atom is 0.310 e. The molecule has 0 aromatic heterocycles. The lowest BCUT2D eigenvalue weighted by Crippen LogP contribution is -2.15. The third-order valence-corrected chi connectivity index (χ3v) is 2.32. The summed E-state index contributed by atoms with van der Waals surface area (Å²) < 4.78 is 5.06. The van der Waals surface area contributed by atoms with Gasteiger partial charge in [-0.05, 0) is 5.56 Å². The van der Waals surface area contributed by atoms with E-state index in [2.05, 4.69) is 0 Å². The Kier molecular flexibility index (Phi) is 4.47. The molecular weight excluding hydrogens is 200 g/mol. The summed E-state index contributed by atoms with van der Waals surface area (Å²) in [6.45, 7) is 2.07. The number of alkyl halides is 1. The van der Waals surface area contributed by atoms with E-state index in [1.807, 2.05) is 30.3 Å². The largest absolute Gasteiger partial charge is 0.461 e. The number of hydrogen-bond acceptors (Lipinski definition) is 2. The van der Waals surface area contributed by atoms with Crippen molar-refractivity contribution in [3.63, 3.8) is 0 Å². The molecule has 0 saturated carbocycles.